The van der Waals surface area contributed by atoms with Gasteiger partial charge < -0.3 is 5.11 Å². The van der Waals surface area contributed by atoms with Crippen LogP contribution >= 0.6 is 0 Å². The van der Waals surface area contributed by atoms with Crippen LogP contribution in [0.25, 0.3) is 6.08 Å². The number of para-hydroxylation sites is 1. The molecule has 0 bridgehead atoms. The van der Waals surface area contributed by atoms with Crippen molar-refractivity contribution < 1.29 is 21.9 Å². The van der Waals surface area contributed by atoms with Crippen molar-refractivity contribution in [2.45, 2.75) is 52.4 Å². The fourth-order valence-electron chi connectivity index (χ4n) is 2.65. The van der Waals surface area contributed by atoms with Gasteiger partial charge in [-0.2, -0.15) is 0 Å². The predicted octanol–water partition coefficient (Wildman–Crippen LogP) is 5.06. The van der Waals surface area contributed by atoms with Gasteiger partial charge in [0, 0.05) is 12.5 Å². The zero-order valence-electron chi connectivity index (χ0n) is 19.6. The minimum atomic E-state index is -3.84. The molecule has 0 heterocycles. The molecule has 0 radical (unpaired) electrons. The molecule has 0 saturated carbocycles. The molecule has 2 rings (SSSR count). The molecule has 31 heavy (non-hydrogen) atoms. The highest BCUT2D eigenvalue weighted by Gasteiger charge is 2.24. The first kappa shape index (κ1) is 26.9. The van der Waals surface area contributed by atoms with Crippen LogP contribution < -0.4 is 0 Å². The highest BCUT2D eigenvalue weighted by atomic mass is 32.3. The second kappa shape index (κ2) is 9.57. The van der Waals surface area contributed by atoms with E-state index in [2.05, 4.69) is 47.6 Å². The average molecular weight is 467 g/mol. The lowest BCUT2D eigenvalue weighted by Gasteiger charge is -2.26. The van der Waals surface area contributed by atoms with Gasteiger partial charge >= 0.3 is 0 Å². The third kappa shape index (κ3) is 8.87. The van der Waals surface area contributed by atoms with Crippen LogP contribution in [0.1, 0.15) is 58.2 Å². The van der Waals surface area contributed by atoms with E-state index in [0.29, 0.717) is 11.3 Å². The maximum Gasteiger partial charge on any atom is 0.186 e. The Kier molecular flexibility index (Phi) is 8.31. The normalized spacial score (nSPS) is 12.5. The molecule has 0 saturated heterocycles. The van der Waals surface area contributed by atoms with Crippen molar-refractivity contribution in [2.75, 3.05) is 12.5 Å². The van der Waals surface area contributed by atoms with Gasteiger partial charge in [-0.25, -0.2) is 16.8 Å². The maximum absolute atomic E-state index is 11.9. The Labute approximate surface area is 187 Å². The summed E-state index contributed by atoms with van der Waals surface area (Å²) < 4.78 is 47.0. The average Bonchev–Trinajstić information content (AvgIpc) is 2.57. The standard InChI is InChI=1S/C18H28O4S2.C6H6O/c1-17(2,3)14-9-13(10-15(12-14)18(4,5)6)11-16(23(7,19)20)24(8,21)22;7-6-4-2-1-3-5-6/h9-12H,1-8H3;1-5,7H. The van der Waals surface area contributed by atoms with E-state index in [4.69, 9.17) is 5.11 Å². The first-order chi connectivity index (χ1) is 13.8. The molecule has 0 aliphatic heterocycles. The molecule has 5 nitrogen and oxygen atoms in total. The molecule has 0 spiro atoms. The van der Waals surface area contributed by atoms with Crippen molar-refractivity contribution >= 4 is 25.8 Å². The molecular weight excluding hydrogens is 432 g/mol. The molecule has 0 atom stereocenters. The fourth-order valence-corrected chi connectivity index (χ4v) is 5.55. The third-order valence-corrected chi connectivity index (χ3v) is 7.97. The van der Waals surface area contributed by atoms with Crippen LogP contribution in [0.3, 0.4) is 0 Å². The number of aromatic hydroxyl groups is 1. The summed E-state index contributed by atoms with van der Waals surface area (Å²) in [6.07, 6.45) is 3.09. The second-order valence-electron chi connectivity index (χ2n) is 9.69. The Balaban J connectivity index is 0.000000577. The minimum absolute atomic E-state index is 0.139. The lowest BCUT2D eigenvalue weighted by molar-refractivity contribution is 0.475. The Morgan fingerprint density at radius 2 is 1.13 bits per heavy atom. The van der Waals surface area contributed by atoms with E-state index < -0.39 is 23.9 Å². The minimum Gasteiger partial charge on any atom is -0.508 e. The Bertz CT molecular complexity index is 1060. The van der Waals surface area contributed by atoms with Crippen molar-refractivity contribution in [3.63, 3.8) is 0 Å². The Morgan fingerprint density at radius 1 is 0.742 bits per heavy atom. The smallest absolute Gasteiger partial charge is 0.186 e. The SMILES string of the molecule is CC(C)(C)c1cc(C=C(S(C)(=O)=O)S(C)(=O)=O)cc(C(C)(C)C)c1.Oc1ccccc1. The van der Waals surface area contributed by atoms with Gasteiger partial charge in [0.05, 0.1) is 0 Å². The molecule has 1 N–H and O–H groups in total. The first-order valence-electron chi connectivity index (χ1n) is 9.84. The summed E-state index contributed by atoms with van der Waals surface area (Å²) in [6, 6.07) is 14.5. The highest BCUT2D eigenvalue weighted by Crippen LogP contribution is 2.31. The summed E-state index contributed by atoms with van der Waals surface area (Å²) >= 11 is 0. The summed E-state index contributed by atoms with van der Waals surface area (Å²) in [4.78, 5) is 0. The zero-order valence-corrected chi connectivity index (χ0v) is 21.2. The van der Waals surface area contributed by atoms with Crippen molar-refractivity contribution in [3.05, 3.63) is 69.5 Å². The number of phenols is 1. The van der Waals surface area contributed by atoms with Crippen LogP contribution in [-0.4, -0.2) is 34.5 Å². The summed E-state index contributed by atoms with van der Waals surface area (Å²) in [5.41, 5.74) is 2.36. The van der Waals surface area contributed by atoms with Gasteiger partial charge in [0.25, 0.3) is 0 Å². The van der Waals surface area contributed by atoms with Crippen molar-refractivity contribution in [3.8, 4) is 5.75 Å². The molecule has 0 aromatic heterocycles. The monoisotopic (exact) mass is 466 g/mol. The molecule has 0 unspecified atom stereocenters. The molecule has 172 valence electrons. The van der Waals surface area contributed by atoms with E-state index in [0.717, 1.165) is 23.6 Å². The number of benzene rings is 2. The van der Waals surface area contributed by atoms with Gasteiger partial charge in [-0.3, -0.25) is 0 Å². The largest absolute Gasteiger partial charge is 0.508 e. The topological polar surface area (TPSA) is 88.5 Å². The number of hydrogen-bond acceptors (Lipinski definition) is 5. The number of phenolic OH excluding ortho intramolecular Hbond substituents is 1. The van der Waals surface area contributed by atoms with Gasteiger partial charge in [0.1, 0.15) is 5.75 Å². The number of hydrogen-bond donors (Lipinski definition) is 1. The van der Waals surface area contributed by atoms with Crippen LogP contribution in [0.4, 0.5) is 0 Å². The van der Waals surface area contributed by atoms with Crippen molar-refractivity contribution in [1.29, 1.82) is 0 Å². The molecule has 0 fully saturated rings. The Hall–Kier alpha value is -2.12. The van der Waals surface area contributed by atoms with Crippen LogP contribution in [-0.2, 0) is 30.5 Å². The van der Waals surface area contributed by atoms with E-state index in [1.807, 2.05) is 18.2 Å². The van der Waals surface area contributed by atoms with Crippen LogP contribution in [0.15, 0.2) is 52.8 Å². The van der Waals surface area contributed by atoms with E-state index in [9.17, 15) is 16.8 Å². The zero-order chi connectivity index (χ0) is 24.3. The van der Waals surface area contributed by atoms with E-state index >= 15 is 0 Å². The molecule has 0 aliphatic rings. The number of sulfone groups is 2. The van der Waals surface area contributed by atoms with Gasteiger partial charge in [-0.15, -0.1) is 0 Å². The van der Waals surface area contributed by atoms with Gasteiger partial charge in [-0.1, -0.05) is 77.9 Å². The van der Waals surface area contributed by atoms with Gasteiger partial charge in [-0.05, 0) is 45.7 Å². The second-order valence-corrected chi connectivity index (χ2v) is 13.9. The summed E-state index contributed by atoms with van der Waals surface area (Å²) in [5, 5.41) is 8.63. The Morgan fingerprint density at radius 3 is 1.39 bits per heavy atom. The molecule has 0 aliphatic carbocycles. The van der Waals surface area contributed by atoms with Crippen LogP contribution in [0.2, 0.25) is 0 Å². The molecule has 2 aromatic carbocycles. The summed E-state index contributed by atoms with van der Waals surface area (Å²) in [5.74, 6) is 0.322. The van der Waals surface area contributed by atoms with E-state index in [1.165, 1.54) is 6.08 Å². The van der Waals surface area contributed by atoms with Crippen molar-refractivity contribution in [2.24, 2.45) is 0 Å². The third-order valence-electron chi connectivity index (χ3n) is 4.46. The fraction of sp³-hybridized carbons (Fsp3) is 0.417. The molecule has 7 heteroatoms. The predicted molar refractivity (Wildman–Crippen MR) is 130 cm³/mol. The lowest BCUT2D eigenvalue weighted by Crippen LogP contribution is -2.17. The van der Waals surface area contributed by atoms with Crippen LogP contribution in [0, 0.1) is 0 Å². The molecular formula is C24H34O5S2. The van der Waals surface area contributed by atoms with E-state index in [-0.39, 0.29) is 10.8 Å². The van der Waals surface area contributed by atoms with Crippen molar-refractivity contribution in [1.82, 2.24) is 0 Å². The van der Waals surface area contributed by atoms with Gasteiger partial charge in [0.2, 0.25) is 0 Å². The van der Waals surface area contributed by atoms with E-state index in [1.54, 1.807) is 24.3 Å². The summed E-state index contributed by atoms with van der Waals surface area (Å²) in [6.45, 7) is 12.4. The van der Waals surface area contributed by atoms with Crippen LogP contribution in [0.5, 0.6) is 5.75 Å². The lowest BCUT2D eigenvalue weighted by atomic mass is 9.79. The number of rotatable bonds is 3. The summed E-state index contributed by atoms with van der Waals surface area (Å²) in [7, 11) is -7.69. The highest BCUT2D eigenvalue weighted by molar-refractivity contribution is 8.14. The molecule has 0 amide bonds. The molecule has 2 aromatic rings. The van der Waals surface area contributed by atoms with Gasteiger partial charge in [0.15, 0.2) is 23.9 Å². The maximum atomic E-state index is 11.9. The quantitative estimate of drug-likeness (QED) is 0.683. The first-order valence-corrected chi connectivity index (χ1v) is 13.6.